The van der Waals surface area contributed by atoms with Gasteiger partial charge in [-0.3, -0.25) is 19.2 Å². The summed E-state index contributed by atoms with van der Waals surface area (Å²) in [7, 11) is 0. The first kappa shape index (κ1) is 31.7. The summed E-state index contributed by atoms with van der Waals surface area (Å²) in [6.07, 6.45) is -1.56. The number of nitrogens with zero attached hydrogens (tertiary/aromatic N) is 1. The number of hydrogen-bond donors (Lipinski definition) is 1. The van der Waals surface area contributed by atoms with Gasteiger partial charge in [-0.25, -0.2) is 18.0 Å². The van der Waals surface area contributed by atoms with Crippen molar-refractivity contribution in [2.45, 2.75) is 55.3 Å². The molecule has 0 spiro atoms. The van der Waals surface area contributed by atoms with Gasteiger partial charge in [-0.15, -0.1) is 11.8 Å². The lowest BCUT2D eigenvalue weighted by molar-refractivity contribution is -0.177. The summed E-state index contributed by atoms with van der Waals surface area (Å²) in [5.41, 5.74) is 0.761. The van der Waals surface area contributed by atoms with Gasteiger partial charge in [0, 0.05) is 4.75 Å². The average molecular weight is 631 g/mol. The van der Waals surface area contributed by atoms with E-state index in [0.29, 0.717) is 0 Å². The average Bonchev–Trinajstić information content (AvgIpc) is 3.23. The fourth-order valence-corrected chi connectivity index (χ4v) is 6.10. The van der Waals surface area contributed by atoms with Gasteiger partial charge in [0.05, 0.1) is 19.3 Å². The van der Waals surface area contributed by atoms with Crippen LogP contribution in [0.2, 0.25) is 0 Å². The molecular weight excluding hydrogens is 607 g/mol. The second kappa shape index (κ2) is 12.6. The van der Waals surface area contributed by atoms with Gasteiger partial charge in [0.1, 0.15) is 17.5 Å². The quantitative estimate of drug-likeness (QED) is 0.0802. The summed E-state index contributed by atoms with van der Waals surface area (Å²) >= 11 is 1.28. The molecule has 16 heteroatoms. The Balaban J connectivity index is 1.23. The summed E-state index contributed by atoms with van der Waals surface area (Å²) in [5, 5.41) is 2.15. The Labute approximate surface area is 244 Å². The van der Waals surface area contributed by atoms with E-state index in [9.17, 15) is 45.9 Å². The van der Waals surface area contributed by atoms with E-state index in [1.54, 1.807) is 44.2 Å². The van der Waals surface area contributed by atoms with Gasteiger partial charge in [-0.2, -0.15) is 8.78 Å². The van der Waals surface area contributed by atoms with E-state index in [1.807, 2.05) is 0 Å². The highest BCUT2D eigenvalue weighted by Gasteiger charge is 2.64. The normalized spacial score (nSPS) is 20.1. The molecule has 2 aliphatic rings. The van der Waals surface area contributed by atoms with Crippen molar-refractivity contribution in [1.29, 1.82) is 0 Å². The Morgan fingerprint density at radius 1 is 0.884 bits per heavy atom. The van der Waals surface area contributed by atoms with Crippen LogP contribution in [0.15, 0.2) is 30.3 Å². The van der Waals surface area contributed by atoms with E-state index in [0.717, 1.165) is 5.56 Å². The Kier molecular flexibility index (Phi) is 9.27. The van der Waals surface area contributed by atoms with Crippen LogP contribution < -0.4 is 10.1 Å². The number of benzene rings is 2. The highest BCUT2D eigenvalue weighted by molar-refractivity contribution is 8.01. The Morgan fingerprint density at radius 2 is 1.47 bits per heavy atom. The zero-order valence-corrected chi connectivity index (χ0v) is 23.3. The number of thioether (sulfide) groups is 1. The third-order valence-corrected chi connectivity index (χ3v) is 8.10. The van der Waals surface area contributed by atoms with Crippen molar-refractivity contribution in [3.05, 3.63) is 65.0 Å². The zero-order chi connectivity index (χ0) is 31.6. The number of fused-ring (bicyclic) bond motifs is 1. The summed E-state index contributed by atoms with van der Waals surface area (Å²) in [6, 6.07) is 6.99. The predicted octanol–water partition coefficient (Wildman–Crippen LogP) is 2.90. The highest BCUT2D eigenvalue weighted by atomic mass is 32.2. The molecule has 1 unspecified atom stereocenters. The van der Waals surface area contributed by atoms with Crippen molar-refractivity contribution < 1.29 is 60.1 Å². The van der Waals surface area contributed by atoms with Crippen LogP contribution in [-0.4, -0.2) is 63.6 Å². The molecule has 2 aromatic carbocycles. The van der Waals surface area contributed by atoms with Gasteiger partial charge in [0.15, 0.2) is 0 Å². The van der Waals surface area contributed by atoms with Crippen LogP contribution in [0.5, 0.6) is 5.75 Å². The van der Waals surface area contributed by atoms with Crippen LogP contribution in [0.4, 0.5) is 22.0 Å². The molecule has 10 nitrogen and oxygen atoms in total. The molecule has 43 heavy (non-hydrogen) atoms. The fraction of sp³-hybridized carbons (Fsp3) is 0.370. The van der Waals surface area contributed by atoms with E-state index in [4.69, 9.17) is 9.47 Å². The van der Waals surface area contributed by atoms with Crippen molar-refractivity contribution in [1.82, 2.24) is 10.2 Å². The summed E-state index contributed by atoms with van der Waals surface area (Å²) in [5.74, 6) is -18.0. The van der Waals surface area contributed by atoms with Crippen LogP contribution >= 0.6 is 11.8 Å². The maximum Gasteiger partial charge on any atom is 0.333 e. The number of β-lactam (4-membered cyclic amide) rings is 1. The van der Waals surface area contributed by atoms with Crippen LogP contribution in [0.3, 0.4) is 0 Å². The van der Waals surface area contributed by atoms with Crippen molar-refractivity contribution in [2.24, 2.45) is 0 Å². The van der Waals surface area contributed by atoms with E-state index in [-0.39, 0.29) is 12.3 Å². The van der Waals surface area contributed by atoms with Crippen LogP contribution in [0.25, 0.3) is 0 Å². The summed E-state index contributed by atoms with van der Waals surface area (Å²) < 4.78 is 79.9. The Hall–Kier alpha value is -4.21. The molecular formula is C27H23F5N2O8S. The number of halogens is 5. The molecule has 2 heterocycles. The number of carbonyl (C=O) groups excluding carboxylic acids is 5. The molecule has 4 rings (SSSR count). The molecule has 230 valence electrons. The molecule has 3 atom stereocenters. The lowest BCUT2D eigenvalue weighted by Gasteiger charge is -2.43. The van der Waals surface area contributed by atoms with E-state index >= 15 is 0 Å². The molecule has 0 aromatic heterocycles. The third kappa shape index (κ3) is 6.58. The molecule has 2 saturated heterocycles. The molecule has 1 N–H and O–H groups in total. The van der Waals surface area contributed by atoms with Gasteiger partial charge in [-0.05, 0) is 19.4 Å². The number of esters is 3. The fourth-order valence-electron chi connectivity index (χ4n) is 4.48. The van der Waals surface area contributed by atoms with Crippen molar-refractivity contribution in [2.75, 3.05) is 6.79 Å². The van der Waals surface area contributed by atoms with Crippen molar-refractivity contribution >= 4 is 41.5 Å². The lowest BCUT2D eigenvalue weighted by Crippen LogP contribution is -2.70. The van der Waals surface area contributed by atoms with Crippen LogP contribution in [-0.2, 0) is 39.9 Å². The van der Waals surface area contributed by atoms with E-state index < -0.39 is 100 Å². The first-order valence-corrected chi connectivity index (χ1v) is 13.5. The monoisotopic (exact) mass is 630 g/mol. The molecule has 2 amide bonds. The highest BCUT2D eigenvalue weighted by Crippen LogP contribution is 2.51. The van der Waals surface area contributed by atoms with Crippen LogP contribution in [0, 0.1) is 29.1 Å². The second-order valence-electron chi connectivity index (χ2n) is 9.94. The SMILES string of the molecule is CC1(C)S[C@@H]2[C@H](NC(=O)Cc3ccccc3)C(=O)N2C1C(=O)OCOC(=O)CCC(=O)Oc1c(F)c(F)c(F)c(F)c1F. The Bertz CT molecular complexity index is 1450. The molecule has 2 fully saturated rings. The minimum absolute atomic E-state index is 0.0665. The lowest BCUT2D eigenvalue weighted by atomic mass is 9.96. The minimum atomic E-state index is -2.44. The summed E-state index contributed by atoms with van der Waals surface area (Å²) in [6.45, 7) is 2.48. The third-order valence-electron chi connectivity index (χ3n) is 6.53. The van der Waals surface area contributed by atoms with Crippen molar-refractivity contribution in [3.63, 3.8) is 0 Å². The molecule has 0 aliphatic carbocycles. The number of hydrogen-bond acceptors (Lipinski definition) is 9. The largest absolute Gasteiger partial charge is 0.428 e. The van der Waals surface area contributed by atoms with Gasteiger partial charge < -0.3 is 24.4 Å². The predicted molar refractivity (Wildman–Crippen MR) is 136 cm³/mol. The van der Waals surface area contributed by atoms with Crippen molar-refractivity contribution in [3.8, 4) is 5.75 Å². The number of carbonyl (C=O) groups is 5. The second-order valence-corrected chi connectivity index (χ2v) is 11.7. The Morgan fingerprint density at radius 3 is 2.09 bits per heavy atom. The maximum absolute atomic E-state index is 13.6. The van der Waals surface area contributed by atoms with Gasteiger partial charge in [0.25, 0.3) is 0 Å². The van der Waals surface area contributed by atoms with Gasteiger partial charge in [0.2, 0.25) is 53.4 Å². The smallest absolute Gasteiger partial charge is 0.333 e. The van der Waals surface area contributed by atoms with Gasteiger partial charge >= 0.3 is 17.9 Å². The number of ether oxygens (including phenoxy) is 3. The standard InChI is InChI=1S/C27H23F5N2O8S/c1-27(2)23(34-24(38)21(25(34)43-27)33-13(35)10-12-6-4-3-5-7-12)26(39)41-11-40-14(36)8-9-15(37)42-22-19(31)17(29)16(28)18(30)20(22)32/h3-7,21,23,25H,8-11H2,1-2H3,(H,33,35)/t21-,23?,25-/m1/s1. The number of nitrogens with one attached hydrogen (secondary N) is 1. The minimum Gasteiger partial charge on any atom is -0.428 e. The topological polar surface area (TPSA) is 128 Å². The zero-order valence-electron chi connectivity index (χ0n) is 22.5. The molecule has 2 aromatic rings. The maximum atomic E-state index is 13.6. The number of rotatable bonds is 10. The van der Waals surface area contributed by atoms with Gasteiger partial charge in [-0.1, -0.05) is 30.3 Å². The summed E-state index contributed by atoms with van der Waals surface area (Å²) in [4.78, 5) is 63.1. The molecule has 0 radical (unpaired) electrons. The van der Waals surface area contributed by atoms with E-state index in [1.165, 1.54) is 16.7 Å². The molecule has 0 saturated carbocycles. The molecule has 2 aliphatic heterocycles. The first-order chi connectivity index (χ1) is 20.2. The van der Waals surface area contributed by atoms with Crippen LogP contribution in [0.1, 0.15) is 32.3 Å². The number of amides is 2. The van der Waals surface area contributed by atoms with E-state index in [2.05, 4.69) is 10.1 Å². The molecule has 0 bridgehead atoms. The first-order valence-electron chi connectivity index (χ1n) is 12.6.